The number of rotatable bonds is 6. The summed E-state index contributed by atoms with van der Waals surface area (Å²) < 4.78 is 5.37. The number of nitrogens with two attached hydrogens (primary N) is 1. The van der Waals surface area contributed by atoms with Crippen molar-refractivity contribution in [2.75, 3.05) is 14.2 Å². The molecule has 0 unspecified atom stereocenters. The average Bonchev–Trinajstić information content (AvgIpc) is 2.48. The van der Waals surface area contributed by atoms with Crippen LogP contribution in [0.25, 0.3) is 0 Å². The quantitative estimate of drug-likeness (QED) is 0.628. The van der Waals surface area contributed by atoms with Gasteiger partial charge in [-0.05, 0) is 24.7 Å². The molecule has 0 bridgehead atoms. The Morgan fingerprint density at radius 3 is 2.57 bits per heavy atom. The van der Waals surface area contributed by atoms with Crippen molar-refractivity contribution in [3.63, 3.8) is 0 Å². The van der Waals surface area contributed by atoms with Gasteiger partial charge in [0.25, 0.3) is 0 Å². The fraction of sp³-hybridized carbons (Fsp3) is 0.250. The van der Waals surface area contributed by atoms with E-state index in [4.69, 9.17) is 15.9 Å². The lowest BCUT2D eigenvalue weighted by molar-refractivity contribution is 0.309. The van der Waals surface area contributed by atoms with Gasteiger partial charge in [0.1, 0.15) is 17.3 Å². The minimum atomic E-state index is -0.00343. The van der Waals surface area contributed by atoms with E-state index in [0.29, 0.717) is 12.2 Å². The molecule has 0 aliphatic rings. The third-order valence-corrected chi connectivity index (χ3v) is 3.22. The van der Waals surface area contributed by atoms with Gasteiger partial charge in [-0.25, -0.2) is 0 Å². The Hall–Kier alpha value is -2.40. The van der Waals surface area contributed by atoms with Gasteiger partial charge >= 0.3 is 0 Å². The highest BCUT2D eigenvalue weighted by atomic mass is 16.5. The number of nitrogen functional groups attached to an aromatic ring is 1. The molecule has 1 aromatic heterocycles. The van der Waals surface area contributed by atoms with Crippen LogP contribution in [0.15, 0.2) is 42.6 Å². The minimum absolute atomic E-state index is 0.00343. The number of methoxy groups -OCH3 is 1. The number of aromatic nitrogens is 1. The Bertz CT molecular complexity index is 627. The Balaban J connectivity index is 2.12. The first-order valence-electron chi connectivity index (χ1n) is 6.70. The van der Waals surface area contributed by atoms with E-state index in [9.17, 15) is 0 Å². The van der Waals surface area contributed by atoms with Crippen LogP contribution < -0.4 is 10.5 Å². The normalized spacial score (nSPS) is 10.6. The van der Waals surface area contributed by atoms with Crippen molar-refractivity contribution < 1.29 is 4.74 Å². The van der Waals surface area contributed by atoms with Crippen molar-refractivity contribution >= 4 is 5.84 Å². The first-order valence-corrected chi connectivity index (χ1v) is 6.70. The van der Waals surface area contributed by atoms with Gasteiger partial charge in [-0.2, -0.15) is 0 Å². The average molecular weight is 284 g/mol. The maximum absolute atomic E-state index is 7.58. The molecule has 0 aliphatic carbocycles. The standard InChI is InChI=1S/C16H20N4O/c1-20(10-12-6-3-4-8-14(12)21-2)11-13-7-5-9-19-15(13)16(17)18/h3-9H,10-11H2,1-2H3,(H3,17,18). The molecule has 0 aliphatic heterocycles. The first kappa shape index (κ1) is 15.0. The molecule has 1 heterocycles. The molecule has 3 N–H and O–H groups in total. The third kappa shape index (κ3) is 3.79. The van der Waals surface area contributed by atoms with E-state index in [1.807, 2.05) is 43.4 Å². The lowest BCUT2D eigenvalue weighted by Crippen LogP contribution is -2.22. The van der Waals surface area contributed by atoms with Crippen LogP contribution in [0.4, 0.5) is 0 Å². The summed E-state index contributed by atoms with van der Waals surface area (Å²) in [5.41, 5.74) is 8.18. The number of nitrogens with one attached hydrogen (secondary N) is 1. The third-order valence-electron chi connectivity index (χ3n) is 3.22. The minimum Gasteiger partial charge on any atom is -0.496 e. The van der Waals surface area contributed by atoms with Gasteiger partial charge in [-0.15, -0.1) is 0 Å². The summed E-state index contributed by atoms with van der Waals surface area (Å²) in [6.45, 7) is 1.41. The molecule has 1 aromatic carbocycles. The van der Waals surface area contributed by atoms with Gasteiger partial charge in [-0.1, -0.05) is 24.3 Å². The van der Waals surface area contributed by atoms with Crippen LogP contribution in [0.1, 0.15) is 16.8 Å². The van der Waals surface area contributed by atoms with Crippen molar-refractivity contribution in [1.82, 2.24) is 9.88 Å². The number of benzene rings is 1. The Morgan fingerprint density at radius 1 is 1.19 bits per heavy atom. The molecule has 5 heteroatoms. The summed E-state index contributed by atoms with van der Waals surface area (Å²) in [5, 5.41) is 7.58. The van der Waals surface area contributed by atoms with Crippen LogP contribution >= 0.6 is 0 Å². The van der Waals surface area contributed by atoms with Gasteiger partial charge in [0.05, 0.1) is 7.11 Å². The largest absolute Gasteiger partial charge is 0.496 e. The van der Waals surface area contributed by atoms with Gasteiger partial charge in [0, 0.05) is 24.8 Å². The van der Waals surface area contributed by atoms with Crippen LogP contribution in [-0.4, -0.2) is 29.9 Å². The van der Waals surface area contributed by atoms with E-state index in [1.165, 1.54) is 0 Å². The van der Waals surface area contributed by atoms with Crippen molar-refractivity contribution in [2.24, 2.45) is 5.73 Å². The number of hydrogen-bond acceptors (Lipinski definition) is 4. The maximum Gasteiger partial charge on any atom is 0.142 e. The molecule has 2 aromatic rings. The van der Waals surface area contributed by atoms with E-state index >= 15 is 0 Å². The van der Waals surface area contributed by atoms with Crippen molar-refractivity contribution in [3.8, 4) is 5.75 Å². The predicted octanol–water partition coefficient (Wildman–Crippen LogP) is 2.01. The van der Waals surface area contributed by atoms with E-state index in [-0.39, 0.29) is 5.84 Å². The molecule has 0 amide bonds. The second-order valence-corrected chi connectivity index (χ2v) is 4.91. The monoisotopic (exact) mass is 284 g/mol. The van der Waals surface area contributed by atoms with Crippen LogP contribution in [0.3, 0.4) is 0 Å². The second-order valence-electron chi connectivity index (χ2n) is 4.91. The van der Waals surface area contributed by atoms with E-state index in [0.717, 1.165) is 23.4 Å². The van der Waals surface area contributed by atoms with Crippen LogP contribution in [0.2, 0.25) is 0 Å². The van der Waals surface area contributed by atoms with Crippen LogP contribution in [-0.2, 0) is 13.1 Å². The van der Waals surface area contributed by atoms with E-state index < -0.39 is 0 Å². The number of ether oxygens (including phenoxy) is 1. The zero-order valence-electron chi connectivity index (χ0n) is 12.3. The fourth-order valence-electron chi connectivity index (χ4n) is 2.28. The second kappa shape index (κ2) is 6.85. The zero-order valence-corrected chi connectivity index (χ0v) is 12.3. The van der Waals surface area contributed by atoms with E-state index in [2.05, 4.69) is 9.88 Å². The first-order chi connectivity index (χ1) is 10.1. The topological polar surface area (TPSA) is 75.2 Å². The Labute approximate surface area is 124 Å². The molecule has 0 saturated heterocycles. The summed E-state index contributed by atoms with van der Waals surface area (Å²) in [7, 11) is 3.69. The van der Waals surface area contributed by atoms with Gasteiger partial charge in [-0.3, -0.25) is 15.3 Å². The smallest absolute Gasteiger partial charge is 0.142 e. The lowest BCUT2D eigenvalue weighted by atomic mass is 10.1. The molecule has 5 nitrogen and oxygen atoms in total. The highest BCUT2D eigenvalue weighted by Gasteiger charge is 2.10. The van der Waals surface area contributed by atoms with E-state index in [1.54, 1.807) is 13.3 Å². The molecule has 0 atom stereocenters. The summed E-state index contributed by atoms with van der Waals surface area (Å²) in [6.07, 6.45) is 1.65. The summed E-state index contributed by atoms with van der Waals surface area (Å²) >= 11 is 0. The molecule has 0 radical (unpaired) electrons. The number of amidine groups is 1. The summed E-state index contributed by atoms with van der Waals surface area (Å²) in [5.74, 6) is 0.874. The van der Waals surface area contributed by atoms with Crippen LogP contribution in [0.5, 0.6) is 5.75 Å². The summed E-state index contributed by atoms with van der Waals surface area (Å²) in [6, 6.07) is 11.8. The zero-order chi connectivity index (χ0) is 15.2. The molecule has 0 spiro atoms. The maximum atomic E-state index is 7.58. The predicted molar refractivity (Wildman–Crippen MR) is 83.4 cm³/mol. The molecule has 110 valence electrons. The molecule has 2 rings (SSSR count). The fourth-order valence-corrected chi connectivity index (χ4v) is 2.28. The summed E-state index contributed by atoms with van der Waals surface area (Å²) in [4.78, 5) is 6.31. The number of nitrogens with zero attached hydrogens (tertiary/aromatic N) is 2. The van der Waals surface area contributed by atoms with Gasteiger partial charge in [0.15, 0.2) is 0 Å². The van der Waals surface area contributed by atoms with Gasteiger partial charge in [0.2, 0.25) is 0 Å². The highest BCUT2D eigenvalue weighted by molar-refractivity contribution is 5.94. The Morgan fingerprint density at radius 2 is 1.86 bits per heavy atom. The number of pyridine rings is 1. The number of hydrogen-bond donors (Lipinski definition) is 2. The Kier molecular flexibility index (Phi) is 4.90. The van der Waals surface area contributed by atoms with Crippen molar-refractivity contribution in [3.05, 3.63) is 59.4 Å². The van der Waals surface area contributed by atoms with Crippen LogP contribution in [0, 0.1) is 5.41 Å². The molecule has 0 saturated carbocycles. The molecule has 21 heavy (non-hydrogen) atoms. The van der Waals surface area contributed by atoms with Crippen molar-refractivity contribution in [2.45, 2.75) is 13.1 Å². The van der Waals surface area contributed by atoms with Gasteiger partial charge < -0.3 is 10.5 Å². The highest BCUT2D eigenvalue weighted by Crippen LogP contribution is 2.19. The molecular formula is C16H20N4O. The molecular weight excluding hydrogens is 264 g/mol. The molecule has 0 fully saturated rings. The lowest BCUT2D eigenvalue weighted by Gasteiger charge is -2.19. The SMILES string of the molecule is COc1ccccc1CN(C)Cc1cccnc1C(=N)N. The van der Waals surface area contributed by atoms with Crippen molar-refractivity contribution in [1.29, 1.82) is 5.41 Å². The number of para-hydroxylation sites is 1.